The van der Waals surface area contributed by atoms with Crippen molar-refractivity contribution in [3.8, 4) is 0 Å². The zero-order valence-corrected chi connectivity index (χ0v) is 15.5. The Hall–Kier alpha value is -1.00. The van der Waals surface area contributed by atoms with Crippen molar-refractivity contribution in [2.75, 3.05) is 13.6 Å². The molecule has 0 amide bonds. The number of likely N-dealkylation sites (N-methyl/N-ethyl adjacent to an activating group) is 1. The van der Waals surface area contributed by atoms with Crippen LogP contribution in [0.5, 0.6) is 0 Å². The maximum absolute atomic E-state index is 6.28. The third-order valence-corrected chi connectivity index (χ3v) is 5.84. The van der Waals surface area contributed by atoms with Crippen molar-refractivity contribution in [2.45, 2.75) is 25.9 Å². The van der Waals surface area contributed by atoms with Gasteiger partial charge in [0.15, 0.2) is 0 Å². The monoisotopic (exact) mass is 366 g/mol. The Bertz CT molecular complexity index is 807. The molecule has 1 aliphatic rings. The highest BCUT2D eigenvalue weighted by Gasteiger charge is 2.23. The van der Waals surface area contributed by atoms with Crippen LogP contribution in [0.1, 0.15) is 16.8 Å². The highest BCUT2D eigenvalue weighted by Crippen LogP contribution is 2.38. The fraction of sp³-hybridized carbons (Fsp3) is 0.333. The van der Waals surface area contributed by atoms with Crippen LogP contribution in [-0.2, 0) is 25.9 Å². The first kappa shape index (κ1) is 16.8. The number of nitrogens with zero attached hydrogens (tertiary/aromatic N) is 2. The fourth-order valence-electron chi connectivity index (χ4n) is 3.44. The Morgan fingerprint density at radius 1 is 1.22 bits per heavy atom. The van der Waals surface area contributed by atoms with Crippen molar-refractivity contribution < 1.29 is 0 Å². The summed E-state index contributed by atoms with van der Waals surface area (Å²) in [4.78, 5) is 3.75. The number of hydrogen-bond donors (Lipinski definition) is 0. The van der Waals surface area contributed by atoms with Crippen LogP contribution in [-0.4, -0.2) is 23.1 Å². The van der Waals surface area contributed by atoms with Crippen LogP contribution in [0.4, 0.5) is 0 Å². The minimum atomic E-state index is 0. The molecular weight excluding hydrogens is 347 g/mol. The van der Waals surface area contributed by atoms with Gasteiger partial charge in [-0.2, -0.15) is 0 Å². The van der Waals surface area contributed by atoms with Crippen LogP contribution < -0.4 is 0 Å². The predicted molar refractivity (Wildman–Crippen MR) is 102 cm³/mol. The molecule has 0 spiro atoms. The van der Waals surface area contributed by atoms with E-state index in [1.807, 2.05) is 0 Å². The predicted octanol–water partition coefficient (Wildman–Crippen LogP) is 5.01. The van der Waals surface area contributed by atoms with Gasteiger partial charge in [0.2, 0.25) is 0 Å². The van der Waals surface area contributed by atoms with Crippen LogP contribution in [0.2, 0.25) is 4.34 Å². The number of hydrogen-bond acceptors (Lipinski definition) is 2. The minimum absolute atomic E-state index is 0. The Balaban J connectivity index is 0.00000156. The largest absolute Gasteiger partial charge is 0.336 e. The SMILES string of the molecule is CN1CCc2c(c3cc(Cl)sc3n2CCc2ccccc2)C1.Cl. The molecule has 0 radical (unpaired) electrons. The highest BCUT2D eigenvalue weighted by molar-refractivity contribution is 7.22. The quantitative estimate of drug-likeness (QED) is 0.632. The number of thiophene rings is 1. The average molecular weight is 367 g/mol. The van der Waals surface area contributed by atoms with Gasteiger partial charge in [-0.3, -0.25) is 0 Å². The lowest BCUT2D eigenvalue weighted by Gasteiger charge is -2.24. The second kappa shape index (κ2) is 6.86. The summed E-state index contributed by atoms with van der Waals surface area (Å²) < 4.78 is 3.41. The molecule has 0 saturated carbocycles. The summed E-state index contributed by atoms with van der Waals surface area (Å²) in [5, 5.41) is 1.37. The summed E-state index contributed by atoms with van der Waals surface area (Å²) in [5.74, 6) is 0. The highest BCUT2D eigenvalue weighted by atomic mass is 35.5. The van der Waals surface area contributed by atoms with Crippen LogP contribution in [0.15, 0.2) is 36.4 Å². The van der Waals surface area contributed by atoms with Crippen molar-refractivity contribution in [3.05, 3.63) is 57.6 Å². The van der Waals surface area contributed by atoms with E-state index < -0.39 is 0 Å². The minimum Gasteiger partial charge on any atom is -0.336 e. The number of halogens is 2. The molecule has 2 nitrogen and oxygen atoms in total. The summed E-state index contributed by atoms with van der Waals surface area (Å²) in [5.41, 5.74) is 4.40. The Morgan fingerprint density at radius 2 is 2.00 bits per heavy atom. The van der Waals surface area contributed by atoms with Gasteiger partial charge in [0.1, 0.15) is 4.83 Å². The number of rotatable bonds is 3. The Kier molecular flexibility index (Phi) is 5.02. The summed E-state index contributed by atoms with van der Waals surface area (Å²) in [6.45, 7) is 3.22. The lowest BCUT2D eigenvalue weighted by molar-refractivity contribution is 0.309. The van der Waals surface area contributed by atoms with Gasteiger partial charge in [-0.1, -0.05) is 41.9 Å². The number of aromatic nitrogens is 1. The summed E-state index contributed by atoms with van der Waals surface area (Å²) in [6.07, 6.45) is 2.21. The van der Waals surface area contributed by atoms with Crippen LogP contribution in [0.3, 0.4) is 0 Å². The molecule has 4 rings (SSSR count). The Labute approximate surface area is 152 Å². The summed E-state index contributed by atoms with van der Waals surface area (Å²) in [7, 11) is 2.20. The molecule has 0 fully saturated rings. The number of benzene rings is 1. The van der Waals surface area contributed by atoms with Gasteiger partial charge in [0.25, 0.3) is 0 Å². The van der Waals surface area contributed by atoms with Crippen molar-refractivity contribution >= 4 is 45.6 Å². The molecule has 0 N–H and O–H groups in total. The molecule has 2 aromatic heterocycles. The molecule has 0 atom stereocenters. The maximum Gasteiger partial charge on any atom is 0.104 e. The molecule has 122 valence electrons. The zero-order valence-electron chi connectivity index (χ0n) is 13.1. The molecule has 0 unspecified atom stereocenters. The van der Waals surface area contributed by atoms with E-state index in [9.17, 15) is 0 Å². The van der Waals surface area contributed by atoms with Crippen molar-refractivity contribution in [3.63, 3.8) is 0 Å². The first-order valence-corrected chi connectivity index (χ1v) is 8.93. The molecule has 1 aromatic carbocycles. The van der Waals surface area contributed by atoms with Crippen molar-refractivity contribution in [1.29, 1.82) is 0 Å². The van der Waals surface area contributed by atoms with E-state index in [1.54, 1.807) is 11.3 Å². The van der Waals surface area contributed by atoms with Gasteiger partial charge in [-0.25, -0.2) is 0 Å². The fourth-order valence-corrected chi connectivity index (χ4v) is 4.73. The smallest absolute Gasteiger partial charge is 0.104 e. The lowest BCUT2D eigenvalue weighted by atomic mass is 10.1. The molecular formula is C18H20Cl2N2S. The molecule has 0 bridgehead atoms. The molecule has 0 aliphatic carbocycles. The van der Waals surface area contributed by atoms with E-state index in [2.05, 4.69) is 52.9 Å². The van der Waals surface area contributed by atoms with Crippen LogP contribution in [0, 0.1) is 0 Å². The maximum atomic E-state index is 6.28. The van der Waals surface area contributed by atoms with Gasteiger partial charge < -0.3 is 9.47 Å². The van der Waals surface area contributed by atoms with Gasteiger partial charge in [0.05, 0.1) is 4.34 Å². The molecule has 0 saturated heterocycles. The van der Waals surface area contributed by atoms with Crippen LogP contribution >= 0.6 is 35.3 Å². The van der Waals surface area contributed by atoms with Gasteiger partial charge in [0, 0.05) is 37.1 Å². The second-order valence-corrected chi connectivity index (χ2v) is 7.73. The topological polar surface area (TPSA) is 8.17 Å². The summed E-state index contributed by atoms with van der Waals surface area (Å²) in [6, 6.07) is 12.9. The molecule has 5 heteroatoms. The van der Waals surface area contributed by atoms with E-state index in [1.165, 1.54) is 27.0 Å². The number of aryl methyl sites for hydroxylation is 2. The molecule has 23 heavy (non-hydrogen) atoms. The average Bonchev–Trinajstić information content (AvgIpc) is 3.02. The lowest BCUT2D eigenvalue weighted by Crippen LogP contribution is -2.27. The van der Waals surface area contributed by atoms with E-state index in [0.717, 1.165) is 36.8 Å². The van der Waals surface area contributed by atoms with Gasteiger partial charge >= 0.3 is 0 Å². The third-order valence-electron chi connectivity index (χ3n) is 4.55. The van der Waals surface area contributed by atoms with E-state index in [4.69, 9.17) is 11.6 Å². The standard InChI is InChI=1S/C18H19ClN2S.ClH/c1-20-9-8-16-15(12-20)14-11-17(19)22-18(14)21(16)10-7-13-5-3-2-4-6-13;/h2-6,11H,7-10,12H2,1H3;1H. The normalized spacial score (nSPS) is 14.7. The van der Waals surface area contributed by atoms with E-state index >= 15 is 0 Å². The molecule has 3 heterocycles. The number of fused-ring (bicyclic) bond motifs is 3. The van der Waals surface area contributed by atoms with Gasteiger partial charge in [-0.15, -0.1) is 23.7 Å². The van der Waals surface area contributed by atoms with E-state index in [0.29, 0.717) is 0 Å². The zero-order chi connectivity index (χ0) is 15.1. The second-order valence-electron chi connectivity index (χ2n) is 6.07. The molecule has 3 aromatic rings. The first-order valence-electron chi connectivity index (χ1n) is 7.74. The van der Waals surface area contributed by atoms with Crippen molar-refractivity contribution in [2.24, 2.45) is 0 Å². The summed E-state index contributed by atoms with van der Waals surface area (Å²) >= 11 is 8.00. The van der Waals surface area contributed by atoms with Crippen molar-refractivity contribution in [1.82, 2.24) is 9.47 Å². The molecule has 1 aliphatic heterocycles. The Morgan fingerprint density at radius 3 is 2.78 bits per heavy atom. The third kappa shape index (κ3) is 3.16. The van der Waals surface area contributed by atoms with Gasteiger partial charge in [-0.05, 0) is 30.7 Å². The first-order chi connectivity index (χ1) is 10.7. The van der Waals surface area contributed by atoms with E-state index in [-0.39, 0.29) is 12.4 Å². The van der Waals surface area contributed by atoms with Crippen LogP contribution in [0.25, 0.3) is 10.2 Å².